The molecular weight excluding hydrogens is 448 g/mol. The van der Waals surface area contributed by atoms with Crippen molar-refractivity contribution >= 4 is 40.3 Å². The largest absolute Gasteiger partial charge is 0.359 e. The lowest BCUT2D eigenvalue weighted by molar-refractivity contribution is 0.102. The summed E-state index contributed by atoms with van der Waals surface area (Å²) in [7, 11) is 0. The Morgan fingerprint density at radius 2 is 1.94 bits per heavy atom. The van der Waals surface area contributed by atoms with Gasteiger partial charge in [0.05, 0.1) is 5.01 Å². The van der Waals surface area contributed by atoms with Crippen LogP contribution in [0.1, 0.15) is 39.8 Å². The van der Waals surface area contributed by atoms with E-state index in [1.807, 2.05) is 29.6 Å². The molecule has 1 amide bonds. The third kappa shape index (κ3) is 5.67. The Morgan fingerprint density at radius 3 is 2.67 bits per heavy atom. The number of carbonyl (C=O) groups is 1. The summed E-state index contributed by atoms with van der Waals surface area (Å²) in [4.78, 5) is 19.9. The van der Waals surface area contributed by atoms with E-state index in [-0.39, 0.29) is 5.91 Å². The highest BCUT2D eigenvalue weighted by molar-refractivity contribution is 7.80. The minimum absolute atomic E-state index is 0.177. The number of thiazole rings is 1. The Balaban J connectivity index is 1.40. The average molecular weight is 477 g/mol. The first-order chi connectivity index (χ1) is 16.0. The molecule has 4 rings (SSSR count). The Hall–Kier alpha value is -3.03. The Labute approximate surface area is 204 Å². The van der Waals surface area contributed by atoms with Crippen LogP contribution in [-0.2, 0) is 0 Å². The van der Waals surface area contributed by atoms with Crippen LogP contribution in [-0.4, -0.2) is 40.5 Å². The van der Waals surface area contributed by atoms with Gasteiger partial charge in [-0.1, -0.05) is 54.1 Å². The van der Waals surface area contributed by atoms with Crippen molar-refractivity contribution in [1.29, 1.82) is 0 Å². The van der Waals surface area contributed by atoms with Crippen LogP contribution in [0.4, 0.5) is 5.69 Å². The predicted octanol–water partition coefficient (Wildman–Crippen LogP) is 5.61. The zero-order valence-corrected chi connectivity index (χ0v) is 20.3. The highest BCUT2D eigenvalue weighted by Gasteiger charge is 2.25. The summed E-state index contributed by atoms with van der Waals surface area (Å²) < 4.78 is 0. The number of carbonyl (C=O) groups excluding carboxylic acids is 1. The number of thiocarbonyl (C=S) groups is 1. The molecule has 170 valence electrons. The van der Waals surface area contributed by atoms with Crippen LogP contribution in [0.3, 0.4) is 0 Å². The van der Waals surface area contributed by atoms with Gasteiger partial charge in [-0.3, -0.25) is 4.79 Å². The van der Waals surface area contributed by atoms with E-state index in [4.69, 9.17) is 12.2 Å². The van der Waals surface area contributed by atoms with Crippen LogP contribution in [0.2, 0.25) is 0 Å². The van der Waals surface area contributed by atoms with Crippen molar-refractivity contribution in [1.82, 2.24) is 15.2 Å². The minimum atomic E-state index is -0.177. The van der Waals surface area contributed by atoms with Gasteiger partial charge in [-0.25, -0.2) is 4.98 Å². The number of nitrogens with zero attached hydrogens (tertiary/aromatic N) is 2. The van der Waals surface area contributed by atoms with Crippen molar-refractivity contribution in [3.8, 4) is 11.1 Å². The molecule has 5 nitrogen and oxygen atoms in total. The molecular formula is C26H28N4OS2. The molecule has 2 aromatic carbocycles. The van der Waals surface area contributed by atoms with Gasteiger partial charge in [0.15, 0.2) is 5.11 Å². The first-order valence-corrected chi connectivity index (χ1v) is 12.4. The lowest BCUT2D eigenvalue weighted by Crippen LogP contribution is -2.43. The first kappa shape index (κ1) is 23.1. The molecule has 2 heterocycles. The first-order valence-electron chi connectivity index (χ1n) is 11.1. The van der Waals surface area contributed by atoms with Crippen LogP contribution in [0, 0.1) is 6.92 Å². The van der Waals surface area contributed by atoms with Gasteiger partial charge in [-0.05, 0) is 43.6 Å². The second-order valence-corrected chi connectivity index (χ2v) is 9.45. The number of amides is 1. The summed E-state index contributed by atoms with van der Waals surface area (Å²) in [6.07, 6.45) is 3.75. The number of para-hydroxylation sites is 1. The fraction of sp³-hybridized carbons (Fsp3) is 0.269. The highest BCUT2D eigenvalue weighted by atomic mass is 32.1. The molecule has 2 N–H and O–H groups in total. The zero-order chi connectivity index (χ0) is 23.2. The van der Waals surface area contributed by atoms with E-state index in [2.05, 4.69) is 58.3 Å². The maximum Gasteiger partial charge on any atom is 0.275 e. The van der Waals surface area contributed by atoms with Gasteiger partial charge in [0.2, 0.25) is 0 Å². The minimum Gasteiger partial charge on any atom is -0.359 e. The van der Waals surface area contributed by atoms with Crippen molar-refractivity contribution in [3.63, 3.8) is 0 Å². The summed E-state index contributed by atoms with van der Waals surface area (Å²) in [5, 5.41) is 9.92. The molecule has 7 heteroatoms. The summed E-state index contributed by atoms with van der Waals surface area (Å²) in [6, 6.07) is 16.2. The van der Waals surface area contributed by atoms with Crippen molar-refractivity contribution in [2.75, 3.05) is 25.0 Å². The molecule has 0 aliphatic carbocycles. The molecule has 0 spiro atoms. The fourth-order valence-corrected chi connectivity index (χ4v) is 5.18. The molecule has 0 saturated carbocycles. The standard InChI is InChI=1S/C26H28N4OS2/c1-3-14-27-26(32)30-15-12-20(13-16-30)25-29-23(17-33-25)24(31)28-22-7-5-4-6-21(22)19-10-8-18(2)9-11-19/h3-11,17,20H,1,12-16H2,2H3,(H,27,32)(H,28,31). The quantitative estimate of drug-likeness (QED) is 0.358. The van der Waals surface area contributed by atoms with E-state index in [0.29, 0.717) is 18.2 Å². The van der Waals surface area contributed by atoms with E-state index in [0.717, 1.165) is 52.9 Å². The van der Waals surface area contributed by atoms with E-state index in [1.165, 1.54) is 5.56 Å². The maximum atomic E-state index is 13.0. The predicted molar refractivity (Wildman–Crippen MR) is 141 cm³/mol. The molecule has 0 radical (unpaired) electrons. The smallest absolute Gasteiger partial charge is 0.275 e. The number of nitrogens with one attached hydrogen (secondary N) is 2. The third-order valence-corrected chi connectivity index (χ3v) is 7.23. The van der Waals surface area contributed by atoms with Crippen molar-refractivity contribution in [2.45, 2.75) is 25.7 Å². The Kier molecular flexibility index (Phi) is 7.52. The Bertz CT molecular complexity index is 1130. The van der Waals surface area contributed by atoms with Crippen LogP contribution in [0.5, 0.6) is 0 Å². The van der Waals surface area contributed by atoms with Crippen LogP contribution in [0.15, 0.2) is 66.6 Å². The van der Waals surface area contributed by atoms with Gasteiger partial charge in [0.25, 0.3) is 5.91 Å². The summed E-state index contributed by atoms with van der Waals surface area (Å²) in [5.41, 5.74) is 4.53. The molecule has 0 atom stereocenters. The van der Waals surface area contributed by atoms with Crippen LogP contribution in [0.25, 0.3) is 11.1 Å². The van der Waals surface area contributed by atoms with E-state index in [9.17, 15) is 4.79 Å². The SMILES string of the molecule is C=CCNC(=S)N1CCC(c2nc(C(=O)Nc3ccccc3-c3ccc(C)cc3)cs2)CC1. The van der Waals surface area contributed by atoms with Gasteiger partial charge in [-0.2, -0.15) is 0 Å². The van der Waals surface area contributed by atoms with Crippen molar-refractivity contribution < 1.29 is 4.79 Å². The number of rotatable bonds is 6. The molecule has 1 fully saturated rings. The lowest BCUT2D eigenvalue weighted by Gasteiger charge is -2.33. The second kappa shape index (κ2) is 10.7. The van der Waals surface area contributed by atoms with Gasteiger partial charge in [0, 0.05) is 42.2 Å². The van der Waals surface area contributed by atoms with E-state index in [1.54, 1.807) is 17.4 Å². The molecule has 1 saturated heterocycles. The Morgan fingerprint density at radius 1 is 1.21 bits per heavy atom. The maximum absolute atomic E-state index is 13.0. The molecule has 1 aliphatic heterocycles. The van der Waals surface area contributed by atoms with Crippen molar-refractivity contribution in [3.05, 3.63) is 82.8 Å². The number of hydrogen-bond acceptors (Lipinski definition) is 4. The number of piperidine rings is 1. The lowest BCUT2D eigenvalue weighted by atomic mass is 9.98. The molecule has 1 aromatic heterocycles. The summed E-state index contributed by atoms with van der Waals surface area (Å²) >= 11 is 7.02. The number of likely N-dealkylation sites (tertiary alicyclic amines) is 1. The number of hydrogen-bond donors (Lipinski definition) is 2. The van der Waals surface area contributed by atoms with Gasteiger partial charge >= 0.3 is 0 Å². The van der Waals surface area contributed by atoms with E-state index < -0.39 is 0 Å². The fourth-order valence-electron chi connectivity index (χ4n) is 3.94. The normalized spacial score (nSPS) is 14.0. The molecule has 33 heavy (non-hydrogen) atoms. The second-order valence-electron chi connectivity index (χ2n) is 8.17. The molecule has 3 aromatic rings. The number of anilines is 1. The number of aryl methyl sites for hydroxylation is 1. The van der Waals surface area contributed by atoms with Gasteiger partial charge in [0.1, 0.15) is 5.69 Å². The highest BCUT2D eigenvalue weighted by Crippen LogP contribution is 2.32. The van der Waals surface area contributed by atoms with E-state index >= 15 is 0 Å². The zero-order valence-electron chi connectivity index (χ0n) is 18.7. The number of aromatic nitrogens is 1. The van der Waals surface area contributed by atoms with Gasteiger partial charge < -0.3 is 15.5 Å². The summed E-state index contributed by atoms with van der Waals surface area (Å²) in [5.74, 6) is 0.180. The third-order valence-electron chi connectivity index (χ3n) is 5.82. The molecule has 1 aliphatic rings. The topological polar surface area (TPSA) is 57.3 Å². The van der Waals surface area contributed by atoms with Crippen molar-refractivity contribution in [2.24, 2.45) is 0 Å². The van der Waals surface area contributed by atoms with Crippen LogP contribution < -0.4 is 10.6 Å². The van der Waals surface area contributed by atoms with Gasteiger partial charge in [-0.15, -0.1) is 17.9 Å². The van der Waals surface area contributed by atoms with Crippen LogP contribution >= 0.6 is 23.6 Å². The molecule has 0 bridgehead atoms. The summed E-state index contributed by atoms with van der Waals surface area (Å²) in [6.45, 7) is 8.23. The monoisotopic (exact) mass is 476 g/mol. The average Bonchev–Trinajstić information content (AvgIpc) is 3.34. The molecule has 0 unspecified atom stereocenters. The number of benzene rings is 2.